The molecule has 0 saturated heterocycles. The second kappa shape index (κ2) is 11.4. The Morgan fingerprint density at radius 2 is 1.62 bits per heavy atom. The number of unbranched alkanes of at least 4 members (excludes halogenated alkanes) is 4. The lowest BCUT2D eigenvalue weighted by molar-refractivity contribution is 0.304. The molecule has 1 fully saturated rings. The third-order valence-electron chi connectivity index (χ3n) is 6.57. The SMILES string of the molecule is CCCCCCc1ccc(-c2ncc([C@H]3CC[C@H](CCCC)CC3)cn2)cc1F. The Morgan fingerprint density at radius 1 is 0.897 bits per heavy atom. The fourth-order valence-corrected chi connectivity index (χ4v) is 4.61. The zero-order chi connectivity index (χ0) is 20.5. The minimum atomic E-state index is -0.128. The molecule has 1 heterocycles. The maximum Gasteiger partial charge on any atom is 0.159 e. The molecule has 0 unspecified atom stereocenters. The minimum Gasteiger partial charge on any atom is -0.236 e. The molecule has 0 bridgehead atoms. The van der Waals surface area contributed by atoms with Crippen LogP contribution in [0.25, 0.3) is 11.4 Å². The summed E-state index contributed by atoms with van der Waals surface area (Å²) in [4.78, 5) is 9.14. The van der Waals surface area contributed by atoms with Crippen LogP contribution in [0.5, 0.6) is 0 Å². The molecule has 1 aliphatic carbocycles. The van der Waals surface area contributed by atoms with Gasteiger partial charge in [0.2, 0.25) is 0 Å². The second-order valence-electron chi connectivity index (χ2n) is 8.82. The molecule has 0 N–H and O–H groups in total. The van der Waals surface area contributed by atoms with Crippen molar-refractivity contribution in [3.05, 3.63) is 47.5 Å². The number of halogens is 1. The normalized spacial score (nSPS) is 19.4. The van der Waals surface area contributed by atoms with Crippen molar-refractivity contribution in [2.75, 3.05) is 0 Å². The Morgan fingerprint density at radius 3 is 2.28 bits per heavy atom. The van der Waals surface area contributed by atoms with E-state index in [1.807, 2.05) is 24.5 Å². The topological polar surface area (TPSA) is 25.8 Å². The maximum atomic E-state index is 14.5. The first-order valence-electron chi connectivity index (χ1n) is 11.8. The van der Waals surface area contributed by atoms with E-state index in [2.05, 4.69) is 23.8 Å². The standard InChI is InChI=1S/C26H37FN2/c1-3-5-7-8-10-22-15-16-23(17-25(22)27)26-28-18-24(19-29-26)21-13-11-20(12-14-21)9-6-4-2/h15-21H,3-14H2,1-2H3/t20-,21-. The van der Waals surface area contributed by atoms with E-state index in [9.17, 15) is 4.39 Å². The summed E-state index contributed by atoms with van der Waals surface area (Å²) in [5.74, 6) is 2.00. The van der Waals surface area contributed by atoms with Crippen LogP contribution in [0.3, 0.4) is 0 Å². The molecule has 1 aromatic heterocycles. The van der Waals surface area contributed by atoms with Gasteiger partial charge in [-0.2, -0.15) is 0 Å². The van der Waals surface area contributed by atoms with Crippen molar-refractivity contribution in [3.63, 3.8) is 0 Å². The number of aromatic nitrogens is 2. The van der Waals surface area contributed by atoms with E-state index in [1.54, 1.807) is 6.07 Å². The van der Waals surface area contributed by atoms with Gasteiger partial charge in [0.25, 0.3) is 0 Å². The van der Waals surface area contributed by atoms with Gasteiger partial charge in [0, 0.05) is 18.0 Å². The molecule has 2 nitrogen and oxygen atoms in total. The smallest absolute Gasteiger partial charge is 0.159 e. The zero-order valence-electron chi connectivity index (χ0n) is 18.3. The van der Waals surface area contributed by atoms with Crippen LogP contribution in [0.15, 0.2) is 30.6 Å². The molecule has 3 heteroatoms. The summed E-state index contributed by atoms with van der Waals surface area (Å²) in [6.45, 7) is 4.47. The molecule has 1 aliphatic rings. The lowest BCUT2D eigenvalue weighted by atomic mass is 9.78. The first-order chi connectivity index (χ1) is 14.2. The van der Waals surface area contributed by atoms with Crippen molar-refractivity contribution in [1.82, 2.24) is 9.97 Å². The highest BCUT2D eigenvalue weighted by atomic mass is 19.1. The van der Waals surface area contributed by atoms with Gasteiger partial charge in [-0.05, 0) is 67.6 Å². The van der Waals surface area contributed by atoms with Crippen LogP contribution >= 0.6 is 0 Å². The Bertz CT molecular complexity index is 733. The van der Waals surface area contributed by atoms with Gasteiger partial charge in [0.1, 0.15) is 5.82 Å². The largest absolute Gasteiger partial charge is 0.236 e. The molecule has 0 amide bonds. The van der Waals surface area contributed by atoms with Gasteiger partial charge in [-0.3, -0.25) is 0 Å². The maximum absolute atomic E-state index is 14.5. The van der Waals surface area contributed by atoms with Crippen LogP contribution in [0.4, 0.5) is 4.39 Å². The molecule has 1 aromatic carbocycles. The number of hydrogen-bond donors (Lipinski definition) is 0. The van der Waals surface area contributed by atoms with Gasteiger partial charge < -0.3 is 0 Å². The summed E-state index contributed by atoms with van der Waals surface area (Å²) in [6, 6.07) is 5.47. The Hall–Kier alpha value is -1.77. The van der Waals surface area contributed by atoms with E-state index >= 15 is 0 Å². The molecule has 0 aliphatic heterocycles. The quantitative estimate of drug-likeness (QED) is 0.382. The first kappa shape index (κ1) is 21.9. The van der Waals surface area contributed by atoms with Gasteiger partial charge in [-0.15, -0.1) is 0 Å². The molecule has 1 saturated carbocycles. The van der Waals surface area contributed by atoms with Gasteiger partial charge >= 0.3 is 0 Å². The predicted molar refractivity (Wildman–Crippen MR) is 119 cm³/mol. The third-order valence-corrected chi connectivity index (χ3v) is 6.57. The molecule has 2 aromatic rings. The van der Waals surface area contributed by atoms with Crippen molar-refractivity contribution in [3.8, 4) is 11.4 Å². The van der Waals surface area contributed by atoms with Crippen LogP contribution in [0.2, 0.25) is 0 Å². The lowest BCUT2D eigenvalue weighted by Gasteiger charge is -2.28. The Kier molecular flexibility index (Phi) is 8.64. The van der Waals surface area contributed by atoms with E-state index in [-0.39, 0.29) is 5.82 Å². The number of rotatable bonds is 10. The summed E-state index contributed by atoms with van der Waals surface area (Å²) in [6.07, 6.45) is 18.6. The molecular weight excluding hydrogens is 359 g/mol. The third kappa shape index (κ3) is 6.35. The van der Waals surface area contributed by atoms with Crippen LogP contribution in [-0.2, 0) is 6.42 Å². The van der Waals surface area contributed by atoms with Crippen LogP contribution in [0.1, 0.15) is 102 Å². The van der Waals surface area contributed by atoms with Crippen molar-refractivity contribution in [1.29, 1.82) is 0 Å². The fourth-order valence-electron chi connectivity index (χ4n) is 4.61. The minimum absolute atomic E-state index is 0.128. The van der Waals surface area contributed by atoms with E-state index < -0.39 is 0 Å². The highest BCUT2D eigenvalue weighted by Crippen LogP contribution is 2.37. The summed E-state index contributed by atoms with van der Waals surface area (Å²) < 4.78 is 14.5. The number of hydrogen-bond acceptors (Lipinski definition) is 2. The van der Waals surface area contributed by atoms with Crippen LogP contribution in [0, 0.1) is 11.7 Å². The summed E-state index contributed by atoms with van der Waals surface area (Å²) in [7, 11) is 0. The van der Waals surface area contributed by atoms with Gasteiger partial charge in [-0.25, -0.2) is 14.4 Å². The molecule has 0 spiro atoms. The lowest BCUT2D eigenvalue weighted by Crippen LogP contribution is -2.13. The molecule has 0 atom stereocenters. The number of benzene rings is 1. The molecule has 3 rings (SSSR count). The van der Waals surface area contributed by atoms with Crippen molar-refractivity contribution >= 4 is 0 Å². The van der Waals surface area contributed by atoms with E-state index in [0.717, 1.165) is 29.9 Å². The van der Waals surface area contributed by atoms with Gasteiger partial charge in [0.05, 0.1) is 0 Å². The van der Waals surface area contributed by atoms with E-state index in [4.69, 9.17) is 0 Å². The van der Waals surface area contributed by atoms with Crippen molar-refractivity contribution in [2.45, 2.75) is 96.8 Å². The van der Waals surface area contributed by atoms with Crippen molar-refractivity contribution in [2.24, 2.45) is 5.92 Å². The molecule has 29 heavy (non-hydrogen) atoms. The van der Waals surface area contributed by atoms with E-state index in [0.29, 0.717) is 11.7 Å². The van der Waals surface area contributed by atoms with E-state index in [1.165, 1.54) is 69.8 Å². The Balaban J connectivity index is 1.57. The molecule has 158 valence electrons. The molecular formula is C26H37FN2. The summed E-state index contributed by atoms with van der Waals surface area (Å²) in [5.41, 5.74) is 2.83. The highest BCUT2D eigenvalue weighted by molar-refractivity contribution is 5.55. The first-order valence-corrected chi connectivity index (χ1v) is 11.8. The van der Waals surface area contributed by atoms with Crippen LogP contribution < -0.4 is 0 Å². The van der Waals surface area contributed by atoms with Gasteiger partial charge in [0.15, 0.2) is 5.82 Å². The number of aryl methyl sites for hydroxylation is 1. The zero-order valence-corrected chi connectivity index (χ0v) is 18.3. The number of nitrogens with zero attached hydrogens (tertiary/aromatic N) is 2. The van der Waals surface area contributed by atoms with Crippen LogP contribution in [-0.4, -0.2) is 9.97 Å². The van der Waals surface area contributed by atoms with Gasteiger partial charge in [-0.1, -0.05) is 64.5 Å². The predicted octanol–water partition coefficient (Wildman–Crippen LogP) is 7.87. The Labute approximate surface area is 176 Å². The monoisotopic (exact) mass is 396 g/mol. The fraction of sp³-hybridized carbons (Fsp3) is 0.615. The van der Waals surface area contributed by atoms with Crippen molar-refractivity contribution < 1.29 is 4.39 Å². The highest BCUT2D eigenvalue weighted by Gasteiger charge is 2.22. The summed E-state index contributed by atoms with van der Waals surface area (Å²) in [5, 5.41) is 0. The average Bonchev–Trinajstić information content (AvgIpc) is 2.76. The molecule has 0 radical (unpaired) electrons. The average molecular weight is 397 g/mol. The second-order valence-corrected chi connectivity index (χ2v) is 8.82. The summed E-state index contributed by atoms with van der Waals surface area (Å²) >= 11 is 0.